The highest BCUT2D eigenvalue weighted by Gasteiger charge is 2.25. The molecule has 3 aromatic heterocycles. The standard InChI is InChI=1S/C20H26N6OS/c1-15-18(28-14-21-15)13-24-6-2-3-16(11-24)20-22-19-5-4-17(12-26(19)23-20)25-7-9-27-10-8-25/h4-5,12,14,16H,2-3,6-11,13H2,1H3/t16-/m1/s1. The number of aromatic nitrogens is 4. The van der Waals surface area contributed by atoms with Gasteiger partial charge in [0.05, 0.1) is 36.3 Å². The topological polar surface area (TPSA) is 58.8 Å². The van der Waals surface area contributed by atoms with E-state index >= 15 is 0 Å². The fourth-order valence-corrected chi connectivity index (χ4v) is 4.98. The van der Waals surface area contributed by atoms with Gasteiger partial charge in [0.2, 0.25) is 0 Å². The predicted molar refractivity (Wildman–Crippen MR) is 110 cm³/mol. The van der Waals surface area contributed by atoms with E-state index < -0.39 is 0 Å². The van der Waals surface area contributed by atoms with Crippen LogP contribution in [0.5, 0.6) is 0 Å². The van der Waals surface area contributed by atoms with Gasteiger partial charge in [-0.1, -0.05) is 0 Å². The summed E-state index contributed by atoms with van der Waals surface area (Å²) in [5, 5.41) is 4.85. The fraction of sp³-hybridized carbons (Fsp3) is 0.550. The van der Waals surface area contributed by atoms with E-state index in [4.69, 9.17) is 14.8 Å². The van der Waals surface area contributed by atoms with Gasteiger partial charge in [0, 0.05) is 37.0 Å². The minimum absolute atomic E-state index is 0.397. The number of nitrogens with zero attached hydrogens (tertiary/aromatic N) is 6. The number of piperidine rings is 1. The maximum atomic E-state index is 5.46. The van der Waals surface area contributed by atoms with Crippen molar-refractivity contribution in [1.82, 2.24) is 24.5 Å². The van der Waals surface area contributed by atoms with Gasteiger partial charge in [0.1, 0.15) is 0 Å². The summed E-state index contributed by atoms with van der Waals surface area (Å²) in [6.45, 7) is 8.69. The smallest absolute Gasteiger partial charge is 0.156 e. The van der Waals surface area contributed by atoms with E-state index in [1.807, 2.05) is 10.0 Å². The maximum Gasteiger partial charge on any atom is 0.156 e. The molecule has 0 unspecified atom stereocenters. The summed E-state index contributed by atoms with van der Waals surface area (Å²) in [5.41, 5.74) is 5.23. The Labute approximate surface area is 169 Å². The first-order chi connectivity index (χ1) is 13.8. The van der Waals surface area contributed by atoms with Crippen LogP contribution in [0.2, 0.25) is 0 Å². The lowest BCUT2D eigenvalue weighted by molar-refractivity contribution is 0.122. The van der Waals surface area contributed by atoms with Crippen molar-refractivity contribution in [2.45, 2.75) is 32.2 Å². The van der Waals surface area contributed by atoms with E-state index in [1.165, 1.54) is 17.0 Å². The molecule has 0 spiro atoms. The molecule has 0 saturated carbocycles. The van der Waals surface area contributed by atoms with Gasteiger partial charge in [-0.15, -0.1) is 11.3 Å². The maximum absolute atomic E-state index is 5.46. The number of hydrogen-bond donors (Lipinski definition) is 0. The minimum atomic E-state index is 0.397. The lowest BCUT2D eigenvalue weighted by Crippen LogP contribution is -2.36. The molecular formula is C20H26N6OS. The van der Waals surface area contributed by atoms with Crippen LogP contribution < -0.4 is 4.90 Å². The number of ether oxygens (including phenoxy) is 1. The molecule has 148 valence electrons. The lowest BCUT2D eigenvalue weighted by Gasteiger charge is -2.31. The van der Waals surface area contributed by atoms with Crippen molar-refractivity contribution in [3.8, 4) is 0 Å². The summed E-state index contributed by atoms with van der Waals surface area (Å²) in [6, 6.07) is 4.24. The van der Waals surface area contributed by atoms with Gasteiger partial charge in [0.15, 0.2) is 11.5 Å². The van der Waals surface area contributed by atoms with Gasteiger partial charge in [-0.2, -0.15) is 5.10 Å². The molecule has 0 radical (unpaired) electrons. The molecule has 5 rings (SSSR count). The van der Waals surface area contributed by atoms with Crippen LogP contribution in [0, 0.1) is 6.92 Å². The van der Waals surface area contributed by atoms with Crippen molar-refractivity contribution in [2.24, 2.45) is 0 Å². The number of anilines is 1. The predicted octanol–water partition coefficient (Wildman–Crippen LogP) is 2.71. The van der Waals surface area contributed by atoms with Crippen molar-refractivity contribution in [2.75, 3.05) is 44.3 Å². The van der Waals surface area contributed by atoms with Gasteiger partial charge in [0.25, 0.3) is 0 Å². The monoisotopic (exact) mass is 398 g/mol. The highest BCUT2D eigenvalue weighted by Crippen LogP contribution is 2.28. The molecule has 7 nitrogen and oxygen atoms in total. The third-order valence-corrected chi connectivity index (χ3v) is 6.71. The molecule has 0 amide bonds. The first kappa shape index (κ1) is 18.0. The summed E-state index contributed by atoms with van der Waals surface area (Å²) in [7, 11) is 0. The molecular weight excluding hydrogens is 372 g/mol. The van der Waals surface area contributed by atoms with Gasteiger partial charge < -0.3 is 9.64 Å². The van der Waals surface area contributed by atoms with Crippen LogP contribution in [-0.4, -0.2) is 63.9 Å². The highest BCUT2D eigenvalue weighted by molar-refractivity contribution is 7.09. The van der Waals surface area contributed by atoms with Gasteiger partial charge in [-0.25, -0.2) is 14.5 Å². The average molecular weight is 399 g/mol. The molecule has 0 aliphatic carbocycles. The number of fused-ring (bicyclic) bond motifs is 1. The van der Waals surface area contributed by atoms with E-state index in [2.05, 4.69) is 40.0 Å². The summed E-state index contributed by atoms with van der Waals surface area (Å²) in [6.07, 6.45) is 4.46. The number of aryl methyl sites for hydroxylation is 1. The fourth-order valence-electron chi connectivity index (χ4n) is 4.16. The van der Waals surface area contributed by atoms with Crippen LogP contribution in [0.25, 0.3) is 5.65 Å². The van der Waals surface area contributed by atoms with E-state index in [0.717, 1.165) is 69.5 Å². The zero-order valence-corrected chi connectivity index (χ0v) is 17.1. The Kier molecular flexibility index (Phi) is 5.00. The lowest BCUT2D eigenvalue weighted by atomic mass is 9.97. The normalized spacial score (nSPS) is 21.5. The largest absolute Gasteiger partial charge is 0.378 e. The Hall–Kier alpha value is -2.03. The molecule has 2 aliphatic rings. The molecule has 2 aliphatic heterocycles. The van der Waals surface area contributed by atoms with E-state index in [-0.39, 0.29) is 0 Å². The van der Waals surface area contributed by atoms with Gasteiger partial charge >= 0.3 is 0 Å². The van der Waals surface area contributed by atoms with Crippen molar-refractivity contribution < 1.29 is 4.74 Å². The van der Waals surface area contributed by atoms with Crippen LogP contribution in [0.15, 0.2) is 23.8 Å². The zero-order chi connectivity index (χ0) is 18.9. The van der Waals surface area contributed by atoms with Crippen molar-refractivity contribution in [3.63, 3.8) is 0 Å². The number of hydrogen-bond acceptors (Lipinski definition) is 7. The molecule has 5 heterocycles. The van der Waals surface area contributed by atoms with Crippen molar-refractivity contribution >= 4 is 22.7 Å². The molecule has 0 bridgehead atoms. The third-order valence-electron chi connectivity index (χ3n) is 5.79. The van der Waals surface area contributed by atoms with Crippen molar-refractivity contribution in [3.05, 3.63) is 40.2 Å². The SMILES string of the molecule is Cc1ncsc1CN1CCC[C@@H](c2nc3ccc(N4CCOCC4)cn3n2)C1. The second-order valence-corrected chi connectivity index (χ2v) is 8.63. The second kappa shape index (κ2) is 7.77. The number of pyridine rings is 1. The van der Waals surface area contributed by atoms with Crippen LogP contribution in [0.4, 0.5) is 5.69 Å². The number of rotatable bonds is 4. The second-order valence-electron chi connectivity index (χ2n) is 7.69. The summed E-state index contributed by atoms with van der Waals surface area (Å²) in [5.74, 6) is 1.37. The highest BCUT2D eigenvalue weighted by atomic mass is 32.1. The summed E-state index contributed by atoms with van der Waals surface area (Å²) in [4.78, 5) is 15.5. The van der Waals surface area contributed by atoms with E-state index in [1.54, 1.807) is 11.3 Å². The Morgan fingerprint density at radius 3 is 2.93 bits per heavy atom. The van der Waals surface area contributed by atoms with Crippen LogP contribution in [0.1, 0.15) is 35.2 Å². The third kappa shape index (κ3) is 3.64. The Balaban J connectivity index is 1.32. The van der Waals surface area contributed by atoms with Crippen LogP contribution in [0.3, 0.4) is 0 Å². The Bertz CT molecular complexity index is 947. The van der Waals surface area contributed by atoms with E-state index in [9.17, 15) is 0 Å². The molecule has 0 aromatic carbocycles. The number of morpholine rings is 1. The summed E-state index contributed by atoms with van der Waals surface area (Å²) >= 11 is 1.76. The Morgan fingerprint density at radius 2 is 2.11 bits per heavy atom. The molecule has 8 heteroatoms. The van der Waals surface area contributed by atoms with E-state index in [0.29, 0.717) is 5.92 Å². The molecule has 0 N–H and O–H groups in total. The van der Waals surface area contributed by atoms with Crippen molar-refractivity contribution in [1.29, 1.82) is 0 Å². The minimum Gasteiger partial charge on any atom is -0.378 e. The molecule has 1 atom stereocenters. The van der Waals surface area contributed by atoms with Gasteiger partial charge in [-0.05, 0) is 38.4 Å². The first-order valence-electron chi connectivity index (χ1n) is 10.1. The number of thiazole rings is 1. The first-order valence-corrected chi connectivity index (χ1v) is 10.9. The molecule has 3 aromatic rings. The summed E-state index contributed by atoms with van der Waals surface area (Å²) < 4.78 is 7.41. The van der Waals surface area contributed by atoms with Crippen LogP contribution in [-0.2, 0) is 11.3 Å². The number of likely N-dealkylation sites (tertiary alicyclic amines) is 1. The quantitative estimate of drug-likeness (QED) is 0.674. The zero-order valence-electron chi connectivity index (χ0n) is 16.3. The average Bonchev–Trinajstić information content (AvgIpc) is 3.34. The Morgan fingerprint density at radius 1 is 1.21 bits per heavy atom. The van der Waals surface area contributed by atoms with Crippen LogP contribution >= 0.6 is 11.3 Å². The molecule has 28 heavy (non-hydrogen) atoms. The van der Waals surface area contributed by atoms with Gasteiger partial charge in [-0.3, -0.25) is 4.90 Å². The molecule has 2 fully saturated rings. The molecule has 2 saturated heterocycles.